The molecule has 0 bridgehead atoms. The Balaban J connectivity index is 2.61. The number of ether oxygens (including phenoxy) is 1. The Morgan fingerprint density at radius 3 is 2.74 bits per heavy atom. The van der Waals surface area contributed by atoms with Crippen molar-refractivity contribution in [3.63, 3.8) is 0 Å². The van der Waals surface area contributed by atoms with Gasteiger partial charge in [0, 0.05) is 12.7 Å². The number of anilines is 1. The van der Waals surface area contributed by atoms with Crippen LogP contribution in [0, 0.1) is 5.92 Å². The Morgan fingerprint density at radius 2 is 2.16 bits per heavy atom. The summed E-state index contributed by atoms with van der Waals surface area (Å²) in [5, 5.41) is 2.80. The summed E-state index contributed by atoms with van der Waals surface area (Å²) in [6, 6.07) is 1.49. The summed E-state index contributed by atoms with van der Waals surface area (Å²) in [5.74, 6) is -0.124. The summed E-state index contributed by atoms with van der Waals surface area (Å²) >= 11 is 0. The van der Waals surface area contributed by atoms with Crippen LogP contribution in [-0.2, 0) is 16.1 Å². The SMILES string of the molecule is COC(=O)c1cc(N)cn1CC(=O)NCCC(C)C. The zero-order chi connectivity index (χ0) is 14.4. The van der Waals surface area contributed by atoms with Crippen LogP contribution in [-0.4, -0.2) is 30.1 Å². The van der Waals surface area contributed by atoms with Gasteiger partial charge in [-0.3, -0.25) is 4.79 Å². The minimum atomic E-state index is -0.508. The Labute approximate surface area is 112 Å². The molecule has 6 heteroatoms. The molecule has 0 radical (unpaired) electrons. The summed E-state index contributed by atoms with van der Waals surface area (Å²) in [6.07, 6.45) is 2.47. The van der Waals surface area contributed by atoms with Gasteiger partial charge in [0.2, 0.25) is 5.91 Å². The highest BCUT2D eigenvalue weighted by Crippen LogP contribution is 2.11. The monoisotopic (exact) mass is 267 g/mol. The highest BCUT2D eigenvalue weighted by Gasteiger charge is 2.15. The fourth-order valence-electron chi connectivity index (χ4n) is 1.65. The minimum absolute atomic E-state index is 0.0553. The molecule has 3 N–H and O–H groups in total. The first kappa shape index (κ1) is 15.1. The van der Waals surface area contributed by atoms with Gasteiger partial charge in [0.05, 0.1) is 12.8 Å². The number of esters is 1. The molecule has 0 aliphatic rings. The summed E-state index contributed by atoms with van der Waals surface area (Å²) in [6.45, 7) is 4.86. The number of carbonyl (C=O) groups is 2. The van der Waals surface area contributed by atoms with Gasteiger partial charge < -0.3 is 20.4 Å². The number of rotatable bonds is 6. The number of nitrogens with zero attached hydrogens (tertiary/aromatic N) is 1. The second-order valence-electron chi connectivity index (χ2n) is 4.81. The van der Waals surface area contributed by atoms with Crippen LogP contribution in [0.4, 0.5) is 5.69 Å². The van der Waals surface area contributed by atoms with E-state index in [4.69, 9.17) is 5.73 Å². The molecule has 1 heterocycles. The molecule has 1 aromatic heterocycles. The summed E-state index contributed by atoms with van der Waals surface area (Å²) in [5.41, 5.74) is 6.33. The third-order valence-corrected chi connectivity index (χ3v) is 2.67. The van der Waals surface area contributed by atoms with E-state index < -0.39 is 5.97 Å². The molecule has 1 rings (SSSR count). The molecule has 0 unspecified atom stereocenters. The van der Waals surface area contributed by atoms with E-state index >= 15 is 0 Å². The second kappa shape index (κ2) is 6.82. The first-order chi connectivity index (χ1) is 8.93. The van der Waals surface area contributed by atoms with Crippen LogP contribution in [0.15, 0.2) is 12.3 Å². The number of methoxy groups -OCH3 is 1. The molecule has 6 nitrogen and oxygen atoms in total. The number of hydrogen-bond acceptors (Lipinski definition) is 4. The average Bonchev–Trinajstić information content (AvgIpc) is 2.68. The lowest BCUT2D eigenvalue weighted by Gasteiger charge is -2.09. The smallest absolute Gasteiger partial charge is 0.354 e. The molecule has 0 saturated heterocycles. The van der Waals surface area contributed by atoms with E-state index in [0.717, 1.165) is 6.42 Å². The number of amides is 1. The van der Waals surface area contributed by atoms with Gasteiger partial charge in [-0.2, -0.15) is 0 Å². The highest BCUT2D eigenvalue weighted by atomic mass is 16.5. The number of aromatic nitrogens is 1. The maximum absolute atomic E-state index is 11.7. The van der Waals surface area contributed by atoms with Crippen molar-refractivity contribution in [1.82, 2.24) is 9.88 Å². The third-order valence-electron chi connectivity index (χ3n) is 2.67. The zero-order valence-corrected chi connectivity index (χ0v) is 11.6. The predicted octanol–water partition coefficient (Wildman–Crippen LogP) is 1.02. The minimum Gasteiger partial charge on any atom is -0.464 e. The van der Waals surface area contributed by atoms with Crippen LogP contribution in [0.3, 0.4) is 0 Å². The fourth-order valence-corrected chi connectivity index (χ4v) is 1.65. The van der Waals surface area contributed by atoms with Crippen molar-refractivity contribution in [2.75, 3.05) is 19.4 Å². The summed E-state index contributed by atoms with van der Waals surface area (Å²) in [4.78, 5) is 23.2. The third kappa shape index (κ3) is 4.65. The average molecular weight is 267 g/mol. The van der Waals surface area contributed by atoms with Crippen molar-refractivity contribution >= 4 is 17.6 Å². The molecule has 0 spiro atoms. The van der Waals surface area contributed by atoms with E-state index in [1.54, 1.807) is 6.20 Å². The first-order valence-electron chi connectivity index (χ1n) is 6.24. The molecule has 0 saturated carbocycles. The quantitative estimate of drug-likeness (QED) is 0.753. The van der Waals surface area contributed by atoms with E-state index in [1.807, 2.05) is 0 Å². The fraction of sp³-hybridized carbons (Fsp3) is 0.538. The van der Waals surface area contributed by atoms with Crippen LogP contribution >= 0.6 is 0 Å². The largest absolute Gasteiger partial charge is 0.464 e. The molecule has 1 amide bonds. The molecule has 0 aliphatic heterocycles. The molecule has 0 atom stereocenters. The van der Waals surface area contributed by atoms with Crippen molar-refractivity contribution in [2.24, 2.45) is 5.92 Å². The molecule has 1 aromatic rings. The van der Waals surface area contributed by atoms with Crippen LogP contribution < -0.4 is 11.1 Å². The molecular weight excluding hydrogens is 246 g/mol. The van der Waals surface area contributed by atoms with E-state index in [1.165, 1.54) is 17.7 Å². The molecule has 0 aliphatic carbocycles. The standard InChI is InChI=1S/C13H21N3O3/c1-9(2)4-5-15-12(17)8-16-7-10(14)6-11(16)13(18)19-3/h6-7,9H,4-5,8,14H2,1-3H3,(H,15,17). The van der Waals surface area contributed by atoms with Crippen molar-refractivity contribution in [2.45, 2.75) is 26.8 Å². The van der Waals surface area contributed by atoms with E-state index in [-0.39, 0.29) is 18.1 Å². The number of nitrogens with one attached hydrogen (secondary N) is 1. The van der Waals surface area contributed by atoms with Crippen molar-refractivity contribution in [3.8, 4) is 0 Å². The van der Waals surface area contributed by atoms with Crippen LogP contribution in [0.25, 0.3) is 0 Å². The van der Waals surface area contributed by atoms with Gasteiger partial charge >= 0.3 is 5.97 Å². The number of hydrogen-bond donors (Lipinski definition) is 2. The van der Waals surface area contributed by atoms with Gasteiger partial charge in [-0.05, 0) is 18.4 Å². The molecule has 106 valence electrons. The van der Waals surface area contributed by atoms with Crippen LogP contribution in [0.1, 0.15) is 30.8 Å². The molecule has 0 aromatic carbocycles. The second-order valence-corrected chi connectivity index (χ2v) is 4.81. The summed E-state index contributed by atoms with van der Waals surface area (Å²) < 4.78 is 6.13. The van der Waals surface area contributed by atoms with Gasteiger partial charge in [-0.25, -0.2) is 4.79 Å². The van der Waals surface area contributed by atoms with Crippen molar-refractivity contribution in [3.05, 3.63) is 18.0 Å². The van der Waals surface area contributed by atoms with Gasteiger partial charge in [-0.1, -0.05) is 13.8 Å². The zero-order valence-electron chi connectivity index (χ0n) is 11.6. The maximum Gasteiger partial charge on any atom is 0.354 e. The first-order valence-corrected chi connectivity index (χ1v) is 6.24. The van der Waals surface area contributed by atoms with Gasteiger partial charge in [-0.15, -0.1) is 0 Å². The van der Waals surface area contributed by atoms with Gasteiger partial charge in [0.1, 0.15) is 12.2 Å². The van der Waals surface area contributed by atoms with Gasteiger partial charge in [0.25, 0.3) is 0 Å². The lowest BCUT2D eigenvalue weighted by Crippen LogP contribution is -2.29. The van der Waals surface area contributed by atoms with Crippen molar-refractivity contribution in [1.29, 1.82) is 0 Å². The summed E-state index contributed by atoms with van der Waals surface area (Å²) in [7, 11) is 1.29. The van der Waals surface area contributed by atoms with Crippen LogP contribution in [0.2, 0.25) is 0 Å². The van der Waals surface area contributed by atoms with Crippen LogP contribution in [0.5, 0.6) is 0 Å². The molecule has 0 fully saturated rings. The Bertz CT molecular complexity index is 452. The number of nitrogen functional groups attached to an aromatic ring is 1. The predicted molar refractivity (Wildman–Crippen MR) is 72.6 cm³/mol. The molecular formula is C13H21N3O3. The van der Waals surface area contributed by atoms with Crippen molar-refractivity contribution < 1.29 is 14.3 Å². The lowest BCUT2D eigenvalue weighted by atomic mass is 10.1. The van der Waals surface area contributed by atoms with Gasteiger partial charge in [0.15, 0.2) is 0 Å². The highest BCUT2D eigenvalue weighted by molar-refractivity contribution is 5.89. The molecule has 19 heavy (non-hydrogen) atoms. The normalized spacial score (nSPS) is 10.5. The number of nitrogens with two attached hydrogens (primary N) is 1. The van der Waals surface area contributed by atoms with E-state index in [2.05, 4.69) is 23.9 Å². The Kier molecular flexibility index (Phi) is 5.41. The van der Waals surface area contributed by atoms with E-state index in [9.17, 15) is 9.59 Å². The number of carbonyl (C=O) groups excluding carboxylic acids is 2. The van der Waals surface area contributed by atoms with E-state index in [0.29, 0.717) is 18.2 Å². The maximum atomic E-state index is 11.7. The lowest BCUT2D eigenvalue weighted by molar-refractivity contribution is -0.121. The Hall–Kier alpha value is -1.98. The Morgan fingerprint density at radius 1 is 1.47 bits per heavy atom. The topological polar surface area (TPSA) is 86.3 Å².